The van der Waals surface area contributed by atoms with Gasteiger partial charge in [-0.05, 0) is 36.6 Å². The third-order valence-electron chi connectivity index (χ3n) is 4.32. The van der Waals surface area contributed by atoms with Crippen LogP contribution in [0.1, 0.15) is 22.4 Å². The molecule has 0 aliphatic carbocycles. The first kappa shape index (κ1) is 14.4. The standard InChI is InChI=1S/C19H20N2O/c1-13-15(3)21(19-7-5-4-6-18(13)19)12-16-8-10-17(11-9-16)14(2)20-22/h4-11,20,22H,2,12H2,1,3H3. The molecule has 3 aromatic rings. The molecule has 2 N–H and O–H groups in total. The summed E-state index contributed by atoms with van der Waals surface area (Å²) >= 11 is 0. The van der Waals surface area contributed by atoms with Gasteiger partial charge in [0.15, 0.2) is 0 Å². The zero-order chi connectivity index (χ0) is 15.7. The zero-order valence-corrected chi connectivity index (χ0v) is 12.9. The van der Waals surface area contributed by atoms with Crippen molar-refractivity contribution >= 4 is 16.6 Å². The molecular formula is C19H20N2O. The van der Waals surface area contributed by atoms with Crippen molar-refractivity contribution in [3.05, 3.63) is 77.5 Å². The Morgan fingerprint density at radius 3 is 2.45 bits per heavy atom. The maximum Gasteiger partial charge on any atom is 0.0602 e. The highest BCUT2D eigenvalue weighted by Gasteiger charge is 2.10. The fourth-order valence-electron chi connectivity index (χ4n) is 2.87. The average molecular weight is 292 g/mol. The molecule has 1 aromatic heterocycles. The lowest BCUT2D eigenvalue weighted by Gasteiger charge is -2.10. The average Bonchev–Trinajstić information content (AvgIpc) is 2.80. The summed E-state index contributed by atoms with van der Waals surface area (Å²) in [5.74, 6) is 0. The number of benzene rings is 2. The number of aromatic nitrogens is 1. The molecule has 2 aromatic carbocycles. The fourth-order valence-corrected chi connectivity index (χ4v) is 2.87. The van der Waals surface area contributed by atoms with Gasteiger partial charge in [-0.1, -0.05) is 49.0 Å². The molecule has 0 saturated heterocycles. The van der Waals surface area contributed by atoms with Gasteiger partial charge in [-0.2, -0.15) is 0 Å². The predicted octanol–water partition coefficient (Wildman–Crippen LogP) is 4.26. The van der Waals surface area contributed by atoms with Crippen LogP contribution in [0.25, 0.3) is 16.6 Å². The minimum absolute atomic E-state index is 0.505. The third-order valence-corrected chi connectivity index (χ3v) is 4.32. The van der Waals surface area contributed by atoms with Crippen molar-refractivity contribution in [2.75, 3.05) is 0 Å². The molecule has 0 fully saturated rings. The van der Waals surface area contributed by atoms with Gasteiger partial charge in [-0.15, -0.1) is 0 Å². The molecule has 0 radical (unpaired) electrons. The van der Waals surface area contributed by atoms with E-state index in [9.17, 15) is 0 Å². The lowest BCUT2D eigenvalue weighted by molar-refractivity contribution is 0.225. The van der Waals surface area contributed by atoms with Crippen LogP contribution in [0.3, 0.4) is 0 Å². The second-order valence-corrected chi connectivity index (χ2v) is 5.60. The zero-order valence-electron chi connectivity index (χ0n) is 12.9. The molecule has 1 heterocycles. The fraction of sp³-hybridized carbons (Fsp3) is 0.158. The number of hydrogen-bond acceptors (Lipinski definition) is 2. The predicted molar refractivity (Wildman–Crippen MR) is 90.9 cm³/mol. The molecule has 112 valence electrons. The molecule has 0 aliphatic heterocycles. The summed E-state index contributed by atoms with van der Waals surface area (Å²) < 4.78 is 2.35. The Balaban J connectivity index is 1.97. The second-order valence-electron chi connectivity index (χ2n) is 5.60. The van der Waals surface area contributed by atoms with Crippen molar-refractivity contribution in [1.29, 1.82) is 0 Å². The Kier molecular flexibility index (Phi) is 3.73. The largest absolute Gasteiger partial charge is 0.340 e. The number of rotatable bonds is 4. The normalized spacial score (nSPS) is 10.9. The van der Waals surface area contributed by atoms with E-state index in [4.69, 9.17) is 5.21 Å². The lowest BCUT2D eigenvalue weighted by atomic mass is 10.1. The summed E-state index contributed by atoms with van der Waals surface area (Å²) in [7, 11) is 0. The summed E-state index contributed by atoms with van der Waals surface area (Å²) in [5, 5.41) is 10.2. The molecule has 0 spiro atoms. The van der Waals surface area contributed by atoms with Gasteiger partial charge in [0.25, 0.3) is 0 Å². The maximum absolute atomic E-state index is 8.90. The second kappa shape index (κ2) is 5.70. The summed E-state index contributed by atoms with van der Waals surface area (Å²) in [4.78, 5) is 0. The van der Waals surface area contributed by atoms with Crippen molar-refractivity contribution in [1.82, 2.24) is 10.0 Å². The first-order valence-corrected chi connectivity index (χ1v) is 7.34. The summed E-state index contributed by atoms with van der Waals surface area (Å²) in [6.07, 6.45) is 0. The van der Waals surface area contributed by atoms with Gasteiger partial charge in [-0.25, -0.2) is 0 Å². The van der Waals surface area contributed by atoms with Gasteiger partial charge < -0.3 is 4.57 Å². The van der Waals surface area contributed by atoms with E-state index in [2.05, 4.69) is 66.9 Å². The number of hydroxylamine groups is 1. The van der Waals surface area contributed by atoms with Crippen LogP contribution >= 0.6 is 0 Å². The molecule has 0 aliphatic rings. The molecule has 3 nitrogen and oxygen atoms in total. The Labute approximate surface area is 130 Å². The first-order valence-electron chi connectivity index (χ1n) is 7.34. The highest BCUT2D eigenvalue weighted by molar-refractivity contribution is 5.85. The minimum Gasteiger partial charge on any atom is -0.340 e. The molecule has 3 heteroatoms. The number of fused-ring (bicyclic) bond motifs is 1. The van der Waals surface area contributed by atoms with Crippen LogP contribution in [-0.2, 0) is 6.54 Å². The summed E-state index contributed by atoms with van der Waals surface area (Å²) in [6.45, 7) is 8.92. The van der Waals surface area contributed by atoms with Crippen LogP contribution < -0.4 is 5.48 Å². The Morgan fingerprint density at radius 1 is 1.09 bits per heavy atom. The van der Waals surface area contributed by atoms with Crippen LogP contribution in [0.2, 0.25) is 0 Å². The molecular weight excluding hydrogens is 272 g/mol. The number of aryl methyl sites for hydroxylation is 1. The van der Waals surface area contributed by atoms with Gasteiger partial charge in [0, 0.05) is 23.1 Å². The van der Waals surface area contributed by atoms with Crippen molar-refractivity contribution in [3.63, 3.8) is 0 Å². The maximum atomic E-state index is 8.90. The van der Waals surface area contributed by atoms with E-state index in [0.717, 1.165) is 12.1 Å². The van der Waals surface area contributed by atoms with Crippen LogP contribution in [-0.4, -0.2) is 9.77 Å². The third kappa shape index (κ3) is 2.40. The monoisotopic (exact) mass is 292 g/mol. The van der Waals surface area contributed by atoms with Gasteiger partial charge in [-0.3, -0.25) is 10.7 Å². The molecule has 0 atom stereocenters. The molecule has 0 saturated carbocycles. The van der Waals surface area contributed by atoms with Crippen molar-refractivity contribution in [2.45, 2.75) is 20.4 Å². The van der Waals surface area contributed by atoms with Crippen molar-refractivity contribution < 1.29 is 5.21 Å². The van der Waals surface area contributed by atoms with Crippen LogP contribution in [0.5, 0.6) is 0 Å². The van der Waals surface area contributed by atoms with Crippen molar-refractivity contribution in [3.8, 4) is 0 Å². The Hall–Kier alpha value is -2.52. The number of para-hydroxylation sites is 1. The lowest BCUT2D eigenvalue weighted by Crippen LogP contribution is -2.05. The Morgan fingerprint density at radius 2 is 1.77 bits per heavy atom. The summed E-state index contributed by atoms with van der Waals surface area (Å²) in [5.41, 5.74) is 8.60. The van der Waals surface area contributed by atoms with E-state index < -0.39 is 0 Å². The van der Waals surface area contributed by atoms with Gasteiger partial charge in [0.1, 0.15) is 0 Å². The van der Waals surface area contributed by atoms with E-state index in [0.29, 0.717) is 5.70 Å². The van der Waals surface area contributed by atoms with Crippen LogP contribution in [0.15, 0.2) is 55.1 Å². The van der Waals surface area contributed by atoms with E-state index in [1.807, 2.05) is 12.1 Å². The van der Waals surface area contributed by atoms with E-state index in [1.54, 1.807) is 0 Å². The molecule has 0 unspecified atom stereocenters. The van der Waals surface area contributed by atoms with Gasteiger partial charge in [0.05, 0.1) is 5.70 Å². The SMILES string of the molecule is C=C(NO)c1ccc(Cn2c(C)c(C)c3ccccc32)cc1. The van der Waals surface area contributed by atoms with Crippen LogP contribution in [0, 0.1) is 13.8 Å². The molecule has 0 bridgehead atoms. The summed E-state index contributed by atoms with van der Waals surface area (Å²) in [6, 6.07) is 16.6. The van der Waals surface area contributed by atoms with Gasteiger partial charge >= 0.3 is 0 Å². The molecule has 0 amide bonds. The first-order chi connectivity index (χ1) is 10.6. The molecule has 3 rings (SSSR count). The van der Waals surface area contributed by atoms with E-state index >= 15 is 0 Å². The minimum atomic E-state index is 0.505. The smallest absolute Gasteiger partial charge is 0.0602 e. The highest BCUT2D eigenvalue weighted by Crippen LogP contribution is 2.26. The number of nitrogens with one attached hydrogen (secondary N) is 1. The topological polar surface area (TPSA) is 37.2 Å². The van der Waals surface area contributed by atoms with Crippen molar-refractivity contribution in [2.24, 2.45) is 0 Å². The van der Waals surface area contributed by atoms with Crippen LogP contribution in [0.4, 0.5) is 0 Å². The quantitative estimate of drug-likeness (QED) is 0.705. The van der Waals surface area contributed by atoms with E-state index in [1.165, 1.54) is 27.7 Å². The highest BCUT2D eigenvalue weighted by atomic mass is 16.5. The Bertz CT molecular complexity index is 829. The number of nitrogens with zero attached hydrogens (tertiary/aromatic N) is 1. The van der Waals surface area contributed by atoms with Gasteiger partial charge in [0.2, 0.25) is 0 Å². The molecule has 22 heavy (non-hydrogen) atoms. The number of hydrogen-bond donors (Lipinski definition) is 2. The van der Waals surface area contributed by atoms with E-state index in [-0.39, 0.29) is 0 Å².